The second-order valence-electron chi connectivity index (χ2n) is 8.90. The zero-order valence-electron chi connectivity index (χ0n) is 18.4. The molecule has 0 bridgehead atoms. The van der Waals surface area contributed by atoms with Crippen LogP contribution in [-0.2, 0) is 9.53 Å². The van der Waals surface area contributed by atoms with Gasteiger partial charge in [0.15, 0.2) is 0 Å². The van der Waals surface area contributed by atoms with Gasteiger partial charge in [-0.15, -0.1) is 0 Å². The number of fused-ring (bicyclic) bond motifs is 3. The summed E-state index contributed by atoms with van der Waals surface area (Å²) in [4.78, 5) is 27.0. The maximum Gasteiger partial charge on any atom is 0.410 e. The lowest BCUT2D eigenvalue weighted by atomic mass is 9.97. The molecule has 0 spiro atoms. The first-order valence-corrected chi connectivity index (χ1v) is 10.5. The normalized spacial score (nSPS) is 17.0. The van der Waals surface area contributed by atoms with Crippen molar-refractivity contribution >= 4 is 39.6 Å². The molecule has 1 N–H and O–H groups in total. The van der Waals surface area contributed by atoms with E-state index in [0.29, 0.717) is 36.5 Å². The van der Waals surface area contributed by atoms with Crippen molar-refractivity contribution in [3.63, 3.8) is 0 Å². The predicted octanol–water partition coefficient (Wildman–Crippen LogP) is 5.18. The Kier molecular flexibility index (Phi) is 5.52. The largest absolute Gasteiger partial charge is 0.495 e. The van der Waals surface area contributed by atoms with E-state index in [4.69, 9.17) is 13.9 Å². The van der Waals surface area contributed by atoms with Crippen molar-refractivity contribution in [1.29, 1.82) is 0 Å². The molecule has 0 unspecified atom stereocenters. The number of ether oxygens (including phenoxy) is 2. The standard InChI is InChI=1S/C24H28N2O5/c1-24(2,3)31-23(28)26-11-7-8-15(14-26)22(27)25-18-13-20-17(12-21(18)29-4)16-9-5-6-10-19(16)30-20/h5-6,9-10,12-13,15H,7-8,11,14H2,1-4H3,(H,25,27)/t15-/m1/s1. The summed E-state index contributed by atoms with van der Waals surface area (Å²) >= 11 is 0. The van der Waals surface area contributed by atoms with E-state index in [9.17, 15) is 9.59 Å². The summed E-state index contributed by atoms with van der Waals surface area (Å²) in [6.07, 6.45) is 1.07. The van der Waals surface area contributed by atoms with Gasteiger partial charge in [-0.3, -0.25) is 4.79 Å². The van der Waals surface area contributed by atoms with E-state index in [0.717, 1.165) is 22.8 Å². The minimum atomic E-state index is -0.568. The van der Waals surface area contributed by atoms with Crippen LogP contribution >= 0.6 is 0 Å². The average Bonchev–Trinajstić information content (AvgIpc) is 3.09. The van der Waals surface area contributed by atoms with E-state index < -0.39 is 5.60 Å². The Morgan fingerprint density at radius 2 is 1.90 bits per heavy atom. The van der Waals surface area contributed by atoms with Crippen LogP contribution in [0, 0.1) is 5.92 Å². The van der Waals surface area contributed by atoms with Crippen LogP contribution in [0.4, 0.5) is 10.5 Å². The molecule has 1 atom stereocenters. The summed E-state index contributed by atoms with van der Waals surface area (Å²) in [7, 11) is 1.57. The van der Waals surface area contributed by atoms with Gasteiger partial charge in [0.1, 0.15) is 22.5 Å². The van der Waals surface area contributed by atoms with E-state index in [1.807, 2.05) is 51.1 Å². The molecule has 0 saturated carbocycles. The van der Waals surface area contributed by atoms with E-state index in [-0.39, 0.29) is 17.9 Å². The van der Waals surface area contributed by atoms with Crippen molar-refractivity contribution in [1.82, 2.24) is 4.90 Å². The number of piperidine rings is 1. The number of nitrogens with one attached hydrogen (secondary N) is 1. The topological polar surface area (TPSA) is 81.0 Å². The van der Waals surface area contributed by atoms with Crippen LogP contribution in [0.1, 0.15) is 33.6 Å². The van der Waals surface area contributed by atoms with Gasteiger partial charge in [0.2, 0.25) is 5.91 Å². The van der Waals surface area contributed by atoms with E-state index >= 15 is 0 Å². The van der Waals surface area contributed by atoms with Gasteiger partial charge in [0.05, 0.1) is 18.7 Å². The number of likely N-dealkylation sites (tertiary alicyclic amines) is 1. The zero-order chi connectivity index (χ0) is 22.2. The summed E-state index contributed by atoms with van der Waals surface area (Å²) in [6.45, 7) is 6.42. The minimum absolute atomic E-state index is 0.151. The summed E-state index contributed by atoms with van der Waals surface area (Å²) in [6, 6.07) is 11.5. The highest BCUT2D eigenvalue weighted by Crippen LogP contribution is 2.36. The molecule has 7 nitrogen and oxygen atoms in total. The highest BCUT2D eigenvalue weighted by molar-refractivity contribution is 6.07. The number of furan rings is 1. The number of methoxy groups -OCH3 is 1. The molecule has 2 aromatic carbocycles. The van der Waals surface area contributed by atoms with Crippen molar-refractivity contribution in [2.75, 3.05) is 25.5 Å². The third-order valence-electron chi connectivity index (χ3n) is 5.40. The third-order valence-corrected chi connectivity index (χ3v) is 5.40. The Morgan fingerprint density at radius 3 is 2.65 bits per heavy atom. The number of anilines is 1. The Morgan fingerprint density at radius 1 is 1.13 bits per heavy atom. The zero-order valence-corrected chi connectivity index (χ0v) is 18.4. The van der Waals surface area contributed by atoms with Gasteiger partial charge in [-0.2, -0.15) is 0 Å². The van der Waals surface area contributed by atoms with Crippen LogP contribution in [0.3, 0.4) is 0 Å². The van der Waals surface area contributed by atoms with Crippen molar-refractivity contribution in [3.8, 4) is 5.75 Å². The van der Waals surface area contributed by atoms with Gasteiger partial charge in [0.25, 0.3) is 0 Å². The van der Waals surface area contributed by atoms with Crippen molar-refractivity contribution < 1.29 is 23.5 Å². The molecule has 1 aliphatic heterocycles. The molecule has 1 saturated heterocycles. The molecule has 31 heavy (non-hydrogen) atoms. The number of benzene rings is 2. The molecule has 3 aromatic rings. The van der Waals surface area contributed by atoms with Crippen molar-refractivity contribution in [2.45, 2.75) is 39.2 Å². The Hall–Kier alpha value is -3.22. The van der Waals surface area contributed by atoms with Gasteiger partial charge >= 0.3 is 6.09 Å². The maximum absolute atomic E-state index is 13.0. The Labute approximate surface area is 181 Å². The minimum Gasteiger partial charge on any atom is -0.495 e. The monoisotopic (exact) mass is 424 g/mol. The molecular formula is C24H28N2O5. The molecule has 1 aliphatic rings. The second-order valence-corrected chi connectivity index (χ2v) is 8.90. The van der Waals surface area contributed by atoms with Gasteiger partial charge < -0.3 is 24.1 Å². The highest BCUT2D eigenvalue weighted by atomic mass is 16.6. The van der Waals surface area contributed by atoms with Crippen molar-refractivity contribution in [3.05, 3.63) is 36.4 Å². The second kappa shape index (κ2) is 8.13. The van der Waals surface area contributed by atoms with Gasteiger partial charge in [-0.05, 0) is 45.7 Å². The van der Waals surface area contributed by atoms with E-state index in [2.05, 4.69) is 5.32 Å². The van der Waals surface area contributed by atoms with E-state index in [1.165, 1.54) is 0 Å². The summed E-state index contributed by atoms with van der Waals surface area (Å²) < 4.78 is 16.9. The quantitative estimate of drug-likeness (QED) is 0.627. The summed E-state index contributed by atoms with van der Waals surface area (Å²) in [5.41, 5.74) is 1.44. The molecule has 2 amide bonds. The lowest BCUT2D eigenvalue weighted by Crippen LogP contribution is -2.45. The lowest BCUT2D eigenvalue weighted by Gasteiger charge is -2.33. The molecule has 164 valence electrons. The molecule has 1 fully saturated rings. The number of para-hydroxylation sites is 1. The fourth-order valence-electron chi connectivity index (χ4n) is 3.94. The third kappa shape index (κ3) is 4.45. The Balaban J connectivity index is 1.53. The summed E-state index contributed by atoms with van der Waals surface area (Å²) in [5, 5.41) is 4.90. The molecule has 7 heteroatoms. The van der Waals surface area contributed by atoms with Crippen LogP contribution in [0.2, 0.25) is 0 Å². The van der Waals surface area contributed by atoms with Gasteiger partial charge in [0, 0.05) is 29.9 Å². The van der Waals surface area contributed by atoms with Crippen LogP contribution < -0.4 is 10.1 Å². The van der Waals surface area contributed by atoms with Crippen LogP contribution in [0.25, 0.3) is 21.9 Å². The van der Waals surface area contributed by atoms with E-state index in [1.54, 1.807) is 18.1 Å². The number of amides is 2. The number of hydrogen-bond acceptors (Lipinski definition) is 5. The summed E-state index contributed by atoms with van der Waals surface area (Å²) in [5.74, 6) is 0.0894. The number of carbonyl (C=O) groups excluding carboxylic acids is 2. The first-order valence-electron chi connectivity index (χ1n) is 10.5. The lowest BCUT2D eigenvalue weighted by molar-refractivity contribution is -0.121. The first kappa shape index (κ1) is 21.0. The highest BCUT2D eigenvalue weighted by Gasteiger charge is 2.31. The molecule has 0 aliphatic carbocycles. The fraction of sp³-hybridized carbons (Fsp3) is 0.417. The van der Waals surface area contributed by atoms with Gasteiger partial charge in [-0.1, -0.05) is 18.2 Å². The SMILES string of the molecule is COc1cc2c(cc1NC(=O)[C@@H]1CCCN(C(=O)OC(C)(C)C)C1)oc1ccccc12. The number of carbonyl (C=O) groups is 2. The molecular weight excluding hydrogens is 396 g/mol. The van der Waals surface area contributed by atoms with Crippen LogP contribution in [0.5, 0.6) is 5.75 Å². The number of rotatable bonds is 3. The maximum atomic E-state index is 13.0. The molecule has 2 heterocycles. The average molecular weight is 424 g/mol. The number of hydrogen-bond donors (Lipinski definition) is 1. The van der Waals surface area contributed by atoms with Gasteiger partial charge in [-0.25, -0.2) is 4.79 Å². The van der Waals surface area contributed by atoms with Crippen molar-refractivity contribution in [2.24, 2.45) is 5.92 Å². The Bertz CT molecular complexity index is 1130. The van der Waals surface area contributed by atoms with Crippen LogP contribution in [0.15, 0.2) is 40.8 Å². The predicted molar refractivity (Wildman–Crippen MR) is 119 cm³/mol. The molecule has 4 rings (SSSR count). The fourth-order valence-corrected chi connectivity index (χ4v) is 3.94. The smallest absolute Gasteiger partial charge is 0.410 e. The molecule has 1 aromatic heterocycles. The van der Waals surface area contributed by atoms with Crippen LogP contribution in [-0.4, -0.2) is 42.7 Å². The number of nitrogens with zero attached hydrogens (tertiary/aromatic N) is 1. The first-order chi connectivity index (χ1) is 14.7. The molecule has 0 radical (unpaired) electrons.